The van der Waals surface area contributed by atoms with Crippen LogP contribution in [0.2, 0.25) is 0 Å². The van der Waals surface area contributed by atoms with Gasteiger partial charge in [-0.15, -0.1) is 0 Å². The van der Waals surface area contributed by atoms with Gasteiger partial charge in [0, 0.05) is 5.57 Å². The molecule has 2 N–H and O–H groups in total. The zero-order valence-electron chi connectivity index (χ0n) is 5.55. The van der Waals surface area contributed by atoms with Crippen LogP contribution in [0.3, 0.4) is 0 Å². The molecule has 0 radical (unpaired) electrons. The number of hydrogen-bond donors (Lipinski definition) is 1. The monoisotopic (exact) mass is 125 g/mol. The maximum atomic E-state index is 10.4. The summed E-state index contributed by atoms with van der Waals surface area (Å²) in [5, 5.41) is 0. The fourth-order valence-electron chi connectivity index (χ4n) is 0.978. The molecular formula is C7H11NO. The Hall–Kier alpha value is -0.790. The molecule has 1 rings (SSSR count). The molecule has 0 aromatic rings. The van der Waals surface area contributed by atoms with E-state index in [1.165, 1.54) is 0 Å². The Kier molecular flexibility index (Phi) is 1.56. The third kappa shape index (κ3) is 1.12. The van der Waals surface area contributed by atoms with Crippen molar-refractivity contribution in [3.05, 3.63) is 11.6 Å². The molecule has 1 aliphatic rings. The van der Waals surface area contributed by atoms with Gasteiger partial charge < -0.3 is 5.73 Å². The van der Waals surface area contributed by atoms with E-state index >= 15 is 0 Å². The van der Waals surface area contributed by atoms with E-state index in [4.69, 9.17) is 5.73 Å². The van der Waals surface area contributed by atoms with E-state index in [2.05, 4.69) is 6.92 Å². The first-order valence-corrected chi connectivity index (χ1v) is 3.24. The molecule has 0 aliphatic heterocycles. The molecule has 1 unspecified atom stereocenters. The molecule has 0 aromatic carbocycles. The predicted octanol–water partition coefficient (Wildman–Crippen LogP) is 0.828. The lowest BCUT2D eigenvalue weighted by atomic mass is 9.84. The highest BCUT2D eigenvalue weighted by Gasteiger charge is 2.20. The van der Waals surface area contributed by atoms with Crippen molar-refractivity contribution in [1.29, 1.82) is 0 Å². The molecule has 0 saturated heterocycles. The lowest BCUT2D eigenvalue weighted by molar-refractivity contribution is -0.115. The molecule has 0 heterocycles. The van der Waals surface area contributed by atoms with E-state index in [0.29, 0.717) is 5.92 Å². The van der Waals surface area contributed by atoms with Crippen molar-refractivity contribution < 1.29 is 4.79 Å². The van der Waals surface area contributed by atoms with Crippen LogP contribution < -0.4 is 5.73 Å². The number of primary amides is 1. The van der Waals surface area contributed by atoms with E-state index in [1.807, 2.05) is 6.08 Å². The van der Waals surface area contributed by atoms with Gasteiger partial charge in [0.25, 0.3) is 0 Å². The highest BCUT2D eigenvalue weighted by atomic mass is 16.1. The molecule has 0 spiro atoms. The second-order valence-electron chi connectivity index (χ2n) is 2.43. The first kappa shape index (κ1) is 6.33. The van der Waals surface area contributed by atoms with Gasteiger partial charge in [0.15, 0.2) is 0 Å². The minimum absolute atomic E-state index is 0.250. The summed E-state index contributed by atoms with van der Waals surface area (Å²) in [6.45, 7) is 2.11. The average Bonchev–Trinajstić information content (AvgIpc) is 1.61. The van der Waals surface area contributed by atoms with Gasteiger partial charge in [-0.2, -0.15) is 0 Å². The van der Waals surface area contributed by atoms with E-state index in [1.54, 1.807) is 0 Å². The summed E-state index contributed by atoms with van der Waals surface area (Å²) >= 11 is 0. The van der Waals surface area contributed by atoms with E-state index in [0.717, 1.165) is 18.4 Å². The van der Waals surface area contributed by atoms with E-state index in [9.17, 15) is 4.79 Å². The Morgan fingerprint density at radius 3 is 2.89 bits per heavy atom. The van der Waals surface area contributed by atoms with Crippen molar-refractivity contribution in [2.75, 3.05) is 0 Å². The van der Waals surface area contributed by atoms with Gasteiger partial charge in [-0.25, -0.2) is 0 Å². The summed E-state index contributed by atoms with van der Waals surface area (Å²) in [6.07, 6.45) is 3.98. The van der Waals surface area contributed by atoms with Gasteiger partial charge in [-0.1, -0.05) is 13.0 Å². The summed E-state index contributed by atoms with van der Waals surface area (Å²) in [5.41, 5.74) is 5.81. The zero-order chi connectivity index (χ0) is 6.85. The van der Waals surface area contributed by atoms with E-state index < -0.39 is 0 Å². The summed E-state index contributed by atoms with van der Waals surface area (Å²) in [5.74, 6) is 0.368. The molecule has 2 heteroatoms. The van der Waals surface area contributed by atoms with Gasteiger partial charge in [-0.05, 0) is 18.8 Å². The minimum Gasteiger partial charge on any atom is -0.366 e. The largest absolute Gasteiger partial charge is 0.366 e. The first-order valence-electron chi connectivity index (χ1n) is 3.24. The van der Waals surface area contributed by atoms with Crippen molar-refractivity contribution in [1.82, 2.24) is 0 Å². The third-order valence-electron chi connectivity index (χ3n) is 1.76. The highest BCUT2D eigenvalue weighted by Crippen LogP contribution is 2.27. The number of carbonyl (C=O) groups is 1. The average molecular weight is 125 g/mol. The summed E-state index contributed by atoms with van der Waals surface area (Å²) < 4.78 is 0. The van der Waals surface area contributed by atoms with Crippen LogP contribution >= 0.6 is 0 Å². The molecule has 50 valence electrons. The maximum absolute atomic E-state index is 10.4. The summed E-state index contributed by atoms with van der Waals surface area (Å²) in [4.78, 5) is 10.4. The molecular weight excluding hydrogens is 114 g/mol. The van der Waals surface area contributed by atoms with Gasteiger partial charge in [-0.3, -0.25) is 4.79 Å². The van der Waals surface area contributed by atoms with Crippen LogP contribution in [0.25, 0.3) is 0 Å². The van der Waals surface area contributed by atoms with Crippen molar-refractivity contribution in [3.63, 3.8) is 0 Å². The number of rotatable bonds is 2. The molecule has 1 atom stereocenters. The smallest absolute Gasteiger partial charge is 0.244 e. The second-order valence-corrected chi connectivity index (χ2v) is 2.43. The van der Waals surface area contributed by atoms with Gasteiger partial charge >= 0.3 is 0 Å². The van der Waals surface area contributed by atoms with Crippen molar-refractivity contribution in [2.24, 2.45) is 11.7 Å². The molecule has 2 nitrogen and oxygen atoms in total. The van der Waals surface area contributed by atoms with E-state index in [-0.39, 0.29) is 5.91 Å². The molecule has 1 amide bonds. The van der Waals surface area contributed by atoms with Crippen LogP contribution in [0, 0.1) is 5.92 Å². The van der Waals surface area contributed by atoms with Crippen LogP contribution in [0.1, 0.15) is 19.8 Å². The maximum Gasteiger partial charge on any atom is 0.244 e. The van der Waals surface area contributed by atoms with Gasteiger partial charge in [0.05, 0.1) is 0 Å². The normalized spacial score (nSPS) is 24.6. The minimum atomic E-state index is -0.250. The quantitative estimate of drug-likeness (QED) is 0.583. The molecule has 0 bridgehead atoms. The number of nitrogens with two attached hydrogens (primary N) is 1. The Labute approximate surface area is 54.7 Å². The number of amides is 1. The van der Waals surface area contributed by atoms with Crippen LogP contribution in [0.5, 0.6) is 0 Å². The Morgan fingerprint density at radius 1 is 2.00 bits per heavy atom. The molecule has 0 aromatic heterocycles. The fraction of sp³-hybridized carbons (Fsp3) is 0.571. The second kappa shape index (κ2) is 2.21. The lowest BCUT2D eigenvalue weighted by Crippen LogP contribution is -2.22. The number of hydrogen-bond acceptors (Lipinski definition) is 1. The first-order chi connectivity index (χ1) is 4.24. The molecule has 1 aliphatic carbocycles. The van der Waals surface area contributed by atoms with Gasteiger partial charge in [0.2, 0.25) is 5.91 Å². The standard InChI is InChI=1S/C7H11NO/c1-2-5-3-6(4-5)7(8)9/h3,5H,2,4H2,1H3,(H2,8,9). The fourth-order valence-corrected chi connectivity index (χ4v) is 0.978. The molecule has 9 heavy (non-hydrogen) atoms. The van der Waals surface area contributed by atoms with Crippen LogP contribution in [-0.4, -0.2) is 5.91 Å². The van der Waals surface area contributed by atoms with Gasteiger partial charge in [0.1, 0.15) is 0 Å². The van der Waals surface area contributed by atoms with Crippen molar-refractivity contribution in [3.8, 4) is 0 Å². The Morgan fingerprint density at radius 2 is 2.56 bits per heavy atom. The summed E-state index contributed by atoms with van der Waals surface area (Å²) in [6, 6.07) is 0. The molecule has 0 saturated carbocycles. The topological polar surface area (TPSA) is 43.1 Å². The summed E-state index contributed by atoms with van der Waals surface area (Å²) in [7, 11) is 0. The lowest BCUT2D eigenvalue weighted by Gasteiger charge is -2.21. The third-order valence-corrected chi connectivity index (χ3v) is 1.76. The van der Waals surface area contributed by atoms with Crippen molar-refractivity contribution in [2.45, 2.75) is 19.8 Å². The zero-order valence-corrected chi connectivity index (χ0v) is 5.55. The number of allylic oxidation sites excluding steroid dienone is 1. The predicted molar refractivity (Wildman–Crippen MR) is 35.7 cm³/mol. The Balaban J connectivity index is 2.44. The Bertz CT molecular complexity index is 160. The van der Waals surface area contributed by atoms with Crippen molar-refractivity contribution >= 4 is 5.91 Å². The van der Waals surface area contributed by atoms with Crippen LogP contribution in [0.15, 0.2) is 11.6 Å². The highest BCUT2D eigenvalue weighted by molar-refractivity contribution is 5.93. The van der Waals surface area contributed by atoms with Crippen LogP contribution in [-0.2, 0) is 4.79 Å². The number of carbonyl (C=O) groups excluding carboxylic acids is 1. The van der Waals surface area contributed by atoms with Crippen LogP contribution in [0.4, 0.5) is 0 Å². The molecule has 0 fully saturated rings. The SMILES string of the molecule is CCC1C=C(C(N)=O)C1.